The maximum Gasteiger partial charge on any atom is 0.245 e. The van der Waals surface area contributed by atoms with Crippen molar-refractivity contribution >= 4 is 5.91 Å². The van der Waals surface area contributed by atoms with E-state index in [-0.39, 0.29) is 11.9 Å². The zero-order chi connectivity index (χ0) is 8.15. The molecule has 1 unspecified atom stereocenters. The van der Waals surface area contributed by atoms with Crippen molar-refractivity contribution in [1.29, 1.82) is 0 Å². The normalized spacial score (nSPS) is 12.8. The molecule has 3 nitrogen and oxygen atoms in total. The highest BCUT2D eigenvalue weighted by atomic mass is 16.5. The Balaban J connectivity index is 3.81. The van der Waals surface area contributed by atoms with Gasteiger partial charge in [-0.25, -0.2) is 5.06 Å². The molecule has 3 heteroatoms. The van der Waals surface area contributed by atoms with Gasteiger partial charge < -0.3 is 0 Å². The summed E-state index contributed by atoms with van der Waals surface area (Å²) in [6, 6.07) is -0.0625. The van der Waals surface area contributed by atoms with Gasteiger partial charge in [0.15, 0.2) is 0 Å². The van der Waals surface area contributed by atoms with Gasteiger partial charge in [-0.2, -0.15) is 0 Å². The standard InChI is InChI=1S/C7H15NO2/c1-4-6(3)8(10)7(9)5-2/h6,10H,4-5H2,1-3H3. The molecule has 0 bridgehead atoms. The van der Waals surface area contributed by atoms with Crippen LogP contribution in [-0.2, 0) is 4.79 Å². The summed E-state index contributed by atoms with van der Waals surface area (Å²) in [7, 11) is 0. The Hall–Kier alpha value is -0.570. The summed E-state index contributed by atoms with van der Waals surface area (Å²) in [5.74, 6) is -0.214. The third-order valence-corrected chi connectivity index (χ3v) is 1.57. The highest BCUT2D eigenvalue weighted by molar-refractivity contribution is 5.74. The molecule has 0 aromatic heterocycles. The average Bonchev–Trinajstić information content (AvgIpc) is 2.00. The van der Waals surface area contributed by atoms with E-state index in [1.165, 1.54) is 0 Å². The summed E-state index contributed by atoms with van der Waals surface area (Å²) in [6.07, 6.45) is 1.14. The number of nitrogens with zero attached hydrogens (tertiary/aromatic N) is 1. The SMILES string of the molecule is CCC(=O)N(O)C(C)CC. The molecule has 0 aromatic carbocycles. The number of hydroxylamine groups is 2. The Kier molecular flexibility index (Phi) is 4.03. The minimum absolute atomic E-state index is 0.0625. The summed E-state index contributed by atoms with van der Waals surface area (Å²) in [4.78, 5) is 10.8. The van der Waals surface area contributed by atoms with Crippen molar-refractivity contribution in [3.05, 3.63) is 0 Å². The number of carbonyl (C=O) groups is 1. The van der Waals surface area contributed by atoms with E-state index in [9.17, 15) is 4.79 Å². The Morgan fingerprint density at radius 2 is 2.10 bits per heavy atom. The second-order valence-corrected chi connectivity index (χ2v) is 2.35. The monoisotopic (exact) mass is 145 g/mol. The van der Waals surface area contributed by atoms with Crippen molar-refractivity contribution < 1.29 is 10.0 Å². The van der Waals surface area contributed by atoms with Gasteiger partial charge in [-0.1, -0.05) is 13.8 Å². The first-order valence-corrected chi connectivity index (χ1v) is 3.64. The van der Waals surface area contributed by atoms with Crippen LogP contribution in [0.4, 0.5) is 0 Å². The van der Waals surface area contributed by atoms with Gasteiger partial charge in [-0.15, -0.1) is 0 Å². The number of carbonyl (C=O) groups excluding carboxylic acids is 1. The number of hydrogen-bond acceptors (Lipinski definition) is 2. The molecule has 0 saturated carbocycles. The lowest BCUT2D eigenvalue weighted by Gasteiger charge is -2.20. The van der Waals surface area contributed by atoms with Gasteiger partial charge in [0.05, 0.1) is 6.04 Å². The molecule has 0 fully saturated rings. The maximum atomic E-state index is 10.8. The Labute approximate surface area is 61.6 Å². The third-order valence-electron chi connectivity index (χ3n) is 1.57. The van der Waals surface area contributed by atoms with Gasteiger partial charge >= 0.3 is 0 Å². The molecule has 0 aromatic rings. The van der Waals surface area contributed by atoms with Crippen LogP contribution < -0.4 is 0 Å². The molecule has 0 radical (unpaired) electrons. The molecule has 1 N–H and O–H groups in total. The Morgan fingerprint density at radius 1 is 1.60 bits per heavy atom. The Bertz CT molecular complexity index is 114. The van der Waals surface area contributed by atoms with Gasteiger partial charge in [-0.05, 0) is 13.3 Å². The van der Waals surface area contributed by atoms with Crippen LogP contribution in [-0.4, -0.2) is 22.2 Å². The van der Waals surface area contributed by atoms with Gasteiger partial charge in [0.1, 0.15) is 0 Å². The van der Waals surface area contributed by atoms with Crippen molar-refractivity contribution in [2.24, 2.45) is 0 Å². The van der Waals surface area contributed by atoms with Crippen LogP contribution >= 0.6 is 0 Å². The lowest BCUT2D eigenvalue weighted by molar-refractivity contribution is -0.174. The van der Waals surface area contributed by atoms with E-state index < -0.39 is 0 Å². The lowest BCUT2D eigenvalue weighted by Crippen LogP contribution is -2.34. The highest BCUT2D eigenvalue weighted by Gasteiger charge is 2.13. The van der Waals surface area contributed by atoms with Gasteiger partial charge in [0.2, 0.25) is 5.91 Å². The van der Waals surface area contributed by atoms with E-state index in [1.807, 2.05) is 13.8 Å². The molecule has 0 spiro atoms. The predicted octanol–water partition coefficient (Wildman–Crippen LogP) is 1.41. The smallest absolute Gasteiger partial charge is 0.245 e. The second kappa shape index (κ2) is 4.28. The number of amides is 1. The molecule has 0 aliphatic rings. The first-order chi connectivity index (χ1) is 4.63. The topological polar surface area (TPSA) is 40.5 Å². The van der Waals surface area contributed by atoms with Crippen LogP contribution in [0.25, 0.3) is 0 Å². The molecule has 0 aliphatic heterocycles. The summed E-state index contributed by atoms with van der Waals surface area (Å²) in [5.41, 5.74) is 0. The molecule has 60 valence electrons. The Morgan fingerprint density at radius 3 is 2.40 bits per heavy atom. The van der Waals surface area contributed by atoms with Crippen LogP contribution in [0.3, 0.4) is 0 Å². The fraction of sp³-hybridized carbons (Fsp3) is 0.857. The molecule has 0 saturated heterocycles. The predicted molar refractivity (Wildman–Crippen MR) is 38.7 cm³/mol. The van der Waals surface area contributed by atoms with Crippen molar-refractivity contribution in [3.8, 4) is 0 Å². The quantitative estimate of drug-likeness (QED) is 0.482. The second-order valence-electron chi connectivity index (χ2n) is 2.35. The number of hydrogen-bond donors (Lipinski definition) is 1. The van der Waals surface area contributed by atoms with E-state index in [1.54, 1.807) is 6.92 Å². The molecular formula is C7H15NO2. The fourth-order valence-electron chi connectivity index (χ4n) is 0.581. The summed E-state index contributed by atoms with van der Waals surface area (Å²) < 4.78 is 0. The van der Waals surface area contributed by atoms with Gasteiger partial charge in [-0.3, -0.25) is 10.0 Å². The van der Waals surface area contributed by atoms with Crippen molar-refractivity contribution in [2.45, 2.75) is 39.7 Å². The molecule has 0 aliphatic carbocycles. The first-order valence-electron chi connectivity index (χ1n) is 3.64. The molecule has 1 atom stereocenters. The molecule has 10 heavy (non-hydrogen) atoms. The van der Waals surface area contributed by atoms with E-state index in [0.717, 1.165) is 11.5 Å². The van der Waals surface area contributed by atoms with Crippen molar-refractivity contribution in [2.75, 3.05) is 0 Å². The van der Waals surface area contributed by atoms with Crippen molar-refractivity contribution in [1.82, 2.24) is 5.06 Å². The highest BCUT2D eigenvalue weighted by Crippen LogP contribution is 2.00. The minimum atomic E-state index is -0.214. The zero-order valence-electron chi connectivity index (χ0n) is 6.79. The van der Waals surface area contributed by atoms with E-state index in [0.29, 0.717) is 6.42 Å². The first kappa shape index (κ1) is 9.43. The van der Waals surface area contributed by atoms with Crippen LogP contribution in [0.2, 0.25) is 0 Å². The lowest BCUT2D eigenvalue weighted by atomic mass is 10.2. The summed E-state index contributed by atoms with van der Waals surface area (Å²) in [5, 5.41) is 9.88. The fourth-order valence-corrected chi connectivity index (χ4v) is 0.581. The zero-order valence-corrected chi connectivity index (χ0v) is 6.79. The minimum Gasteiger partial charge on any atom is -0.286 e. The summed E-state index contributed by atoms with van der Waals surface area (Å²) >= 11 is 0. The number of rotatable bonds is 3. The van der Waals surface area contributed by atoms with E-state index in [2.05, 4.69) is 0 Å². The average molecular weight is 145 g/mol. The molecular weight excluding hydrogens is 130 g/mol. The molecule has 1 amide bonds. The van der Waals surface area contributed by atoms with Crippen LogP contribution in [0.1, 0.15) is 33.6 Å². The van der Waals surface area contributed by atoms with Gasteiger partial charge in [0.25, 0.3) is 0 Å². The molecule has 0 rings (SSSR count). The van der Waals surface area contributed by atoms with Crippen LogP contribution in [0.5, 0.6) is 0 Å². The molecule has 0 heterocycles. The van der Waals surface area contributed by atoms with Crippen LogP contribution in [0, 0.1) is 0 Å². The van der Waals surface area contributed by atoms with E-state index >= 15 is 0 Å². The summed E-state index contributed by atoms with van der Waals surface area (Å²) in [6.45, 7) is 5.47. The largest absolute Gasteiger partial charge is 0.286 e. The third kappa shape index (κ3) is 2.35. The van der Waals surface area contributed by atoms with E-state index in [4.69, 9.17) is 5.21 Å². The van der Waals surface area contributed by atoms with Crippen LogP contribution in [0.15, 0.2) is 0 Å². The maximum absolute atomic E-state index is 10.8. The van der Waals surface area contributed by atoms with Crippen molar-refractivity contribution in [3.63, 3.8) is 0 Å². The van der Waals surface area contributed by atoms with Gasteiger partial charge in [0, 0.05) is 6.42 Å².